The van der Waals surface area contributed by atoms with E-state index in [2.05, 4.69) is 12.2 Å². The Kier molecular flexibility index (Phi) is 5.30. The first-order valence-corrected chi connectivity index (χ1v) is 7.65. The van der Waals surface area contributed by atoms with Crippen LogP contribution in [0.2, 0.25) is 0 Å². The highest BCUT2D eigenvalue weighted by atomic mass is 16.3. The summed E-state index contributed by atoms with van der Waals surface area (Å²) in [4.78, 5) is 0. The molecular weight excluding hydrogens is 210 g/mol. The van der Waals surface area contributed by atoms with Crippen molar-refractivity contribution in [3.8, 4) is 0 Å². The molecule has 2 saturated carbocycles. The smallest absolute Gasteiger partial charge is 0.0462 e. The largest absolute Gasteiger partial charge is 0.396 e. The summed E-state index contributed by atoms with van der Waals surface area (Å²) in [6, 6.07) is 0.741. The highest BCUT2D eigenvalue weighted by Crippen LogP contribution is 2.30. The average molecular weight is 239 g/mol. The van der Waals surface area contributed by atoms with Crippen LogP contribution in [0.4, 0.5) is 0 Å². The Morgan fingerprint density at radius 1 is 0.941 bits per heavy atom. The Balaban J connectivity index is 1.75. The maximum absolute atomic E-state index is 9.42. The molecule has 0 saturated heterocycles. The molecule has 2 N–H and O–H groups in total. The molecule has 4 atom stereocenters. The molecule has 0 amide bonds. The fourth-order valence-electron chi connectivity index (χ4n) is 3.72. The van der Waals surface area contributed by atoms with Gasteiger partial charge in [-0.2, -0.15) is 0 Å². The van der Waals surface area contributed by atoms with E-state index in [1.807, 2.05) is 0 Å². The van der Waals surface area contributed by atoms with Crippen LogP contribution in [0.5, 0.6) is 0 Å². The van der Waals surface area contributed by atoms with E-state index in [0.717, 1.165) is 24.4 Å². The molecule has 0 spiro atoms. The highest BCUT2D eigenvalue weighted by Gasteiger charge is 2.26. The first-order valence-electron chi connectivity index (χ1n) is 7.65. The molecule has 2 rings (SSSR count). The molecule has 0 heterocycles. The van der Waals surface area contributed by atoms with Gasteiger partial charge in [0.15, 0.2) is 0 Å². The molecule has 100 valence electrons. The molecule has 0 aromatic rings. The third kappa shape index (κ3) is 3.69. The van der Waals surface area contributed by atoms with Crippen LogP contribution < -0.4 is 5.32 Å². The summed E-state index contributed by atoms with van der Waals surface area (Å²) in [7, 11) is 0. The lowest BCUT2D eigenvalue weighted by Gasteiger charge is -2.35. The zero-order valence-corrected chi connectivity index (χ0v) is 11.3. The van der Waals surface area contributed by atoms with Gasteiger partial charge < -0.3 is 10.4 Å². The molecule has 2 fully saturated rings. The predicted molar refractivity (Wildman–Crippen MR) is 72.0 cm³/mol. The van der Waals surface area contributed by atoms with Crippen LogP contribution in [-0.2, 0) is 0 Å². The van der Waals surface area contributed by atoms with E-state index in [4.69, 9.17) is 0 Å². The maximum atomic E-state index is 9.42. The summed E-state index contributed by atoms with van der Waals surface area (Å²) in [5.41, 5.74) is 0. The summed E-state index contributed by atoms with van der Waals surface area (Å²) >= 11 is 0. The maximum Gasteiger partial charge on any atom is 0.0462 e. The van der Waals surface area contributed by atoms with Crippen LogP contribution in [0.15, 0.2) is 0 Å². The minimum atomic E-state index is 0.395. The molecule has 2 nitrogen and oxygen atoms in total. The average Bonchev–Trinajstić information content (AvgIpc) is 2.38. The van der Waals surface area contributed by atoms with Crippen molar-refractivity contribution in [1.82, 2.24) is 5.32 Å². The normalized spacial score (nSPS) is 39.2. The van der Waals surface area contributed by atoms with E-state index >= 15 is 0 Å². The van der Waals surface area contributed by atoms with Crippen LogP contribution in [-0.4, -0.2) is 24.3 Å². The van der Waals surface area contributed by atoms with Crippen molar-refractivity contribution in [2.24, 2.45) is 17.8 Å². The minimum Gasteiger partial charge on any atom is -0.396 e. The van der Waals surface area contributed by atoms with E-state index < -0.39 is 0 Å². The first kappa shape index (κ1) is 13.4. The Labute approximate surface area is 106 Å². The van der Waals surface area contributed by atoms with Crippen LogP contribution in [0.3, 0.4) is 0 Å². The van der Waals surface area contributed by atoms with Crippen molar-refractivity contribution in [2.45, 2.75) is 64.3 Å². The third-order valence-electron chi connectivity index (χ3n) is 5.05. The summed E-state index contributed by atoms with van der Waals surface area (Å²) in [5, 5.41) is 13.2. The van der Waals surface area contributed by atoms with Gasteiger partial charge in [-0.05, 0) is 50.0 Å². The van der Waals surface area contributed by atoms with Gasteiger partial charge in [0.2, 0.25) is 0 Å². The fourth-order valence-corrected chi connectivity index (χ4v) is 3.72. The van der Waals surface area contributed by atoms with Crippen LogP contribution in [0, 0.1) is 17.8 Å². The van der Waals surface area contributed by atoms with Crippen LogP contribution in [0.25, 0.3) is 0 Å². The molecule has 17 heavy (non-hydrogen) atoms. The van der Waals surface area contributed by atoms with Crippen LogP contribution >= 0.6 is 0 Å². The Morgan fingerprint density at radius 3 is 2.29 bits per heavy atom. The van der Waals surface area contributed by atoms with E-state index in [1.54, 1.807) is 0 Å². The van der Waals surface area contributed by atoms with Crippen molar-refractivity contribution < 1.29 is 5.11 Å². The standard InChI is InChI=1S/C15H29NO/c1-12-6-2-5-9-15(12)16-10-13-7-3-4-8-14(13)11-17/h12-17H,2-11H2,1H3. The number of aliphatic hydroxyl groups is 1. The number of rotatable bonds is 4. The van der Waals surface area contributed by atoms with E-state index in [9.17, 15) is 5.11 Å². The van der Waals surface area contributed by atoms with Crippen molar-refractivity contribution >= 4 is 0 Å². The molecule has 2 heteroatoms. The van der Waals surface area contributed by atoms with Crippen LogP contribution in [0.1, 0.15) is 58.3 Å². The molecule has 0 radical (unpaired) electrons. The molecule has 4 unspecified atom stereocenters. The van der Waals surface area contributed by atoms with E-state index in [0.29, 0.717) is 12.5 Å². The van der Waals surface area contributed by atoms with Crippen molar-refractivity contribution in [3.05, 3.63) is 0 Å². The van der Waals surface area contributed by atoms with Gasteiger partial charge in [-0.25, -0.2) is 0 Å². The topological polar surface area (TPSA) is 32.3 Å². The second-order valence-electron chi connectivity index (χ2n) is 6.26. The van der Waals surface area contributed by atoms with E-state index in [1.165, 1.54) is 51.4 Å². The third-order valence-corrected chi connectivity index (χ3v) is 5.05. The van der Waals surface area contributed by atoms with Crippen molar-refractivity contribution in [1.29, 1.82) is 0 Å². The van der Waals surface area contributed by atoms with Gasteiger partial charge in [0, 0.05) is 12.6 Å². The lowest BCUT2D eigenvalue weighted by atomic mass is 9.79. The van der Waals surface area contributed by atoms with Gasteiger partial charge in [0.1, 0.15) is 0 Å². The molecule has 0 aliphatic heterocycles. The molecule has 0 aromatic carbocycles. The minimum absolute atomic E-state index is 0.395. The lowest BCUT2D eigenvalue weighted by molar-refractivity contribution is 0.126. The summed E-state index contributed by atoms with van der Waals surface area (Å²) in [5.74, 6) is 2.14. The second kappa shape index (κ2) is 6.75. The molecule has 0 bridgehead atoms. The van der Waals surface area contributed by atoms with E-state index in [-0.39, 0.29) is 0 Å². The number of nitrogens with one attached hydrogen (secondary N) is 1. The highest BCUT2D eigenvalue weighted by molar-refractivity contribution is 4.82. The van der Waals surface area contributed by atoms with Gasteiger partial charge in [-0.15, -0.1) is 0 Å². The number of aliphatic hydroxyl groups excluding tert-OH is 1. The Morgan fingerprint density at radius 2 is 1.59 bits per heavy atom. The van der Waals surface area contributed by atoms with Gasteiger partial charge in [-0.1, -0.05) is 32.6 Å². The zero-order valence-electron chi connectivity index (χ0n) is 11.3. The lowest BCUT2D eigenvalue weighted by Crippen LogP contribution is -2.42. The molecule has 0 aromatic heterocycles. The zero-order chi connectivity index (χ0) is 12.1. The quantitative estimate of drug-likeness (QED) is 0.790. The predicted octanol–water partition coefficient (Wildman–Crippen LogP) is 2.95. The van der Waals surface area contributed by atoms with Gasteiger partial charge >= 0.3 is 0 Å². The molecular formula is C15H29NO. The Bertz CT molecular complexity index is 219. The van der Waals surface area contributed by atoms with Crippen molar-refractivity contribution in [3.63, 3.8) is 0 Å². The first-order chi connectivity index (χ1) is 8.31. The number of hydrogen-bond donors (Lipinski definition) is 2. The SMILES string of the molecule is CC1CCCCC1NCC1CCCCC1CO. The van der Waals surface area contributed by atoms with Gasteiger partial charge in [0.25, 0.3) is 0 Å². The second-order valence-corrected chi connectivity index (χ2v) is 6.26. The summed E-state index contributed by atoms with van der Waals surface area (Å²) < 4.78 is 0. The summed E-state index contributed by atoms with van der Waals surface area (Å²) in [6.07, 6.45) is 10.8. The fraction of sp³-hybridized carbons (Fsp3) is 1.00. The number of hydrogen-bond acceptors (Lipinski definition) is 2. The van der Waals surface area contributed by atoms with Crippen molar-refractivity contribution in [2.75, 3.05) is 13.2 Å². The van der Waals surface area contributed by atoms with Gasteiger partial charge in [0.05, 0.1) is 0 Å². The molecule has 2 aliphatic rings. The van der Waals surface area contributed by atoms with Gasteiger partial charge in [-0.3, -0.25) is 0 Å². The summed E-state index contributed by atoms with van der Waals surface area (Å²) in [6.45, 7) is 3.92. The molecule has 2 aliphatic carbocycles. The monoisotopic (exact) mass is 239 g/mol. The Hall–Kier alpha value is -0.0800.